The standard InChI is InChI=1S/C18H20N2O/c19-16-9-4-10-17-15(16)8-5-13-20(17)18(21)12-11-14-6-2-1-3-7-14/h1-4,6-7,9-10H,5,8,11-13,19H2. The number of nitrogens with zero attached hydrogens (tertiary/aromatic N) is 1. The van der Waals surface area contributed by atoms with Gasteiger partial charge in [0.25, 0.3) is 0 Å². The molecule has 2 aromatic rings. The quantitative estimate of drug-likeness (QED) is 0.878. The van der Waals surface area contributed by atoms with Gasteiger partial charge in [0.15, 0.2) is 0 Å². The SMILES string of the molecule is Nc1cccc2c1CCCN2C(=O)CCc1ccccc1. The van der Waals surface area contributed by atoms with Gasteiger partial charge in [0, 0.05) is 24.3 Å². The highest BCUT2D eigenvalue weighted by Crippen LogP contribution is 2.31. The van der Waals surface area contributed by atoms with Crippen LogP contribution in [-0.2, 0) is 17.6 Å². The van der Waals surface area contributed by atoms with Crippen molar-refractivity contribution in [1.82, 2.24) is 0 Å². The topological polar surface area (TPSA) is 46.3 Å². The zero-order valence-electron chi connectivity index (χ0n) is 12.1. The first kappa shape index (κ1) is 13.7. The van der Waals surface area contributed by atoms with E-state index in [0.717, 1.165) is 42.7 Å². The van der Waals surface area contributed by atoms with E-state index in [4.69, 9.17) is 5.73 Å². The third kappa shape index (κ3) is 2.92. The molecule has 0 aromatic heterocycles. The van der Waals surface area contributed by atoms with Crippen molar-refractivity contribution >= 4 is 17.3 Å². The van der Waals surface area contributed by atoms with Crippen molar-refractivity contribution in [3.05, 3.63) is 59.7 Å². The van der Waals surface area contributed by atoms with Crippen molar-refractivity contribution in [3.8, 4) is 0 Å². The van der Waals surface area contributed by atoms with Crippen molar-refractivity contribution in [2.24, 2.45) is 0 Å². The molecule has 0 bridgehead atoms. The first-order chi connectivity index (χ1) is 10.3. The number of rotatable bonds is 3. The van der Waals surface area contributed by atoms with Crippen molar-refractivity contribution in [2.75, 3.05) is 17.2 Å². The molecule has 0 saturated heterocycles. The molecule has 0 unspecified atom stereocenters. The molecule has 3 rings (SSSR count). The van der Waals surface area contributed by atoms with Crippen LogP contribution in [0.3, 0.4) is 0 Å². The molecule has 3 nitrogen and oxygen atoms in total. The zero-order valence-corrected chi connectivity index (χ0v) is 12.1. The van der Waals surface area contributed by atoms with Gasteiger partial charge in [-0.2, -0.15) is 0 Å². The highest BCUT2D eigenvalue weighted by Gasteiger charge is 2.23. The normalized spacial score (nSPS) is 13.8. The van der Waals surface area contributed by atoms with Crippen LogP contribution in [0.1, 0.15) is 24.0 Å². The predicted octanol–water partition coefficient (Wildman–Crippen LogP) is 3.18. The maximum absolute atomic E-state index is 12.5. The lowest BCUT2D eigenvalue weighted by Crippen LogP contribution is -2.35. The Balaban J connectivity index is 1.73. The van der Waals surface area contributed by atoms with Gasteiger partial charge >= 0.3 is 0 Å². The van der Waals surface area contributed by atoms with Crippen LogP contribution in [0, 0.1) is 0 Å². The van der Waals surface area contributed by atoms with Crippen LogP contribution < -0.4 is 10.6 Å². The second kappa shape index (κ2) is 6.00. The number of aryl methyl sites for hydroxylation is 1. The lowest BCUT2D eigenvalue weighted by Gasteiger charge is -2.30. The van der Waals surface area contributed by atoms with E-state index in [1.807, 2.05) is 41.3 Å². The minimum Gasteiger partial charge on any atom is -0.398 e. The largest absolute Gasteiger partial charge is 0.398 e. The number of carbonyl (C=O) groups is 1. The number of hydrogen-bond acceptors (Lipinski definition) is 2. The van der Waals surface area contributed by atoms with Gasteiger partial charge in [-0.05, 0) is 42.5 Å². The minimum absolute atomic E-state index is 0.186. The van der Waals surface area contributed by atoms with Crippen LogP contribution in [0.2, 0.25) is 0 Å². The molecule has 0 fully saturated rings. The van der Waals surface area contributed by atoms with Crippen molar-refractivity contribution < 1.29 is 4.79 Å². The summed E-state index contributed by atoms with van der Waals surface area (Å²) in [5.74, 6) is 0.186. The van der Waals surface area contributed by atoms with Gasteiger partial charge in [-0.1, -0.05) is 36.4 Å². The summed E-state index contributed by atoms with van der Waals surface area (Å²) < 4.78 is 0. The Kier molecular flexibility index (Phi) is 3.91. The van der Waals surface area contributed by atoms with Crippen LogP contribution in [-0.4, -0.2) is 12.5 Å². The van der Waals surface area contributed by atoms with E-state index < -0.39 is 0 Å². The maximum atomic E-state index is 12.5. The fourth-order valence-electron chi connectivity index (χ4n) is 2.94. The second-order valence-corrected chi connectivity index (χ2v) is 5.48. The Morgan fingerprint density at radius 3 is 2.71 bits per heavy atom. The van der Waals surface area contributed by atoms with E-state index in [1.165, 1.54) is 5.56 Å². The predicted molar refractivity (Wildman–Crippen MR) is 86.3 cm³/mol. The number of anilines is 2. The van der Waals surface area contributed by atoms with E-state index in [9.17, 15) is 4.79 Å². The molecule has 0 saturated carbocycles. The van der Waals surface area contributed by atoms with Gasteiger partial charge in [-0.3, -0.25) is 4.79 Å². The molecule has 0 radical (unpaired) electrons. The fourth-order valence-corrected chi connectivity index (χ4v) is 2.94. The summed E-state index contributed by atoms with van der Waals surface area (Å²) in [5, 5.41) is 0. The molecule has 108 valence electrons. The van der Waals surface area contributed by atoms with E-state index in [0.29, 0.717) is 6.42 Å². The maximum Gasteiger partial charge on any atom is 0.227 e. The first-order valence-electron chi connectivity index (χ1n) is 7.47. The summed E-state index contributed by atoms with van der Waals surface area (Å²) >= 11 is 0. The van der Waals surface area contributed by atoms with E-state index >= 15 is 0 Å². The van der Waals surface area contributed by atoms with E-state index in [2.05, 4.69) is 12.1 Å². The second-order valence-electron chi connectivity index (χ2n) is 5.48. The van der Waals surface area contributed by atoms with Crippen LogP contribution >= 0.6 is 0 Å². The molecule has 3 heteroatoms. The Labute approximate surface area is 125 Å². The first-order valence-corrected chi connectivity index (χ1v) is 7.47. The smallest absolute Gasteiger partial charge is 0.227 e. The summed E-state index contributed by atoms with van der Waals surface area (Å²) in [6.45, 7) is 0.796. The van der Waals surface area contributed by atoms with Crippen LogP contribution in [0.4, 0.5) is 11.4 Å². The van der Waals surface area contributed by atoms with Gasteiger partial charge in [-0.15, -0.1) is 0 Å². The van der Waals surface area contributed by atoms with Crippen LogP contribution in [0.5, 0.6) is 0 Å². The number of hydrogen-bond donors (Lipinski definition) is 1. The monoisotopic (exact) mass is 280 g/mol. The Hall–Kier alpha value is -2.29. The molecule has 1 aliphatic rings. The molecule has 2 aromatic carbocycles. The minimum atomic E-state index is 0.186. The summed E-state index contributed by atoms with van der Waals surface area (Å²) in [6, 6.07) is 16.0. The molecule has 0 aliphatic carbocycles. The molecular weight excluding hydrogens is 260 g/mol. The van der Waals surface area contributed by atoms with Gasteiger partial charge in [-0.25, -0.2) is 0 Å². The number of carbonyl (C=O) groups excluding carboxylic acids is 1. The highest BCUT2D eigenvalue weighted by molar-refractivity contribution is 5.95. The van der Waals surface area contributed by atoms with Crippen molar-refractivity contribution in [1.29, 1.82) is 0 Å². The summed E-state index contributed by atoms with van der Waals surface area (Å²) in [6.07, 6.45) is 3.27. The molecule has 0 atom stereocenters. The molecule has 1 amide bonds. The molecule has 1 aliphatic heterocycles. The van der Waals surface area contributed by atoms with Gasteiger partial charge in [0.1, 0.15) is 0 Å². The Bertz CT molecular complexity index is 637. The molecule has 2 N–H and O–H groups in total. The van der Waals surface area contributed by atoms with Crippen molar-refractivity contribution in [3.63, 3.8) is 0 Å². The summed E-state index contributed by atoms with van der Waals surface area (Å²) in [7, 11) is 0. The number of benzene rings is 2. The Morgan fingerprint density at radius 1 is 1.10 bits per heavy atom. The zero-order chi connectivity index (χ0) is 14.7. The van der Waals surface area contributed by atoms with Crippen LogP contribution in [0.25, 0.3) is 0 Å². The van der Waals surface area contributed by atoms with Gasteiger partial charge in [0.05, 0.1) is 0 Å². The number of amides is 1. The molecule has 1 heterocycles. The third-order valence-electron chi connectivity index (χ3n) is 4.06. The lowest BCUT2D eigenvalue weighted by atomic mass is 9.99. The van der Waals surface area contributed by atoms with E-state index in [1.54, 1.807) is 0 Å². The summed E-state index contributed by atoms with van der Waals surface area (Å²) in [4.78, 5) is 14.4. The van der Waals surface area contributed by atoms with E-state index in [-0.39, 0.29) is 5.91 Å². The summed E-state index contributed by atoms with van der Waals surface area (Å²) in [5.41, 5.74) is 10.2. The molecular formula is C18H20N2O. The highest BCUT2D eigenvalue weighted by atomic mass is 16.2. The van der Waals surface area contributed by atoms with Gasteiger partial charge < -0.3 is 10.6 Å². The average molecular weight is 280 g/mol. The van der Waals surface area contributed by atoms with Crippen molar-refractivity contribution in [2.45, 2.75) is 25.7 Å². The Morgan fingerprint density at radius 2 is 1.90 bits per heavy atom. The number of fused-ring (bicyclic) bond motifs is 1. The third-order valence-corrected chi connectivity index (χ3v) is 4.06. The van der Waals surface area contributed by atoms with Crippen LogP contribution in [0.15, 0.2) is 48.5 Å². The molecule has 21 heavy (non-hydrogen) atoms. The number of nitrogens with two attached hydrogens (primary N) is 1. The average Bonchev–Trinajstić information content (AvgIpc) is 2.53. The fraction of sp³-hybridized carbons (Fsp3) is 0.278. The van der Waals surface area contributed by atoms with Gasteiger partial charge in [0.2, 0.25) is 5.91 Å². The number of nitrogen functional groups attached to an aromatic ring is 1. The lowest BCUT2D eigenvalue weighted by molar-refractivity contribution is -0.118. The molecule has 0 spiro atoms.